The summed E-state index contributed by atoms with van der Waals surface area (Å²) in [5.41, 5.74) is 0. The summed E-state index contributed by atoms with van der Waals surface area (Å²) in [6.07, 6.45) is 1.67. The van der Waals surface area contributed by atoms with Crippen LogP contribution < -0.4 is 4.72 Å². The zero-order valence-corrected chi connectivity index (χ0v) is 8.53. The molecule has 0 heterocycles. The van der Waals surface area contributed by atoms with Gasteiger partial charge >= 0.3 is 0 Å². The number of nitrogens with one attached hydrogen (secondary N) is 1. The molecule has 49 valence electrons. The standard InChI is InChI=1S/C4H9NO2S.Na/c1-5-8(6,7)4-2-3-4;/h4-5H,2-3H2,1H3;. The SMILES string of the molecule is CNS(=O)(=O)C1CC1.[Na]. The van der Waals surface area contributed by atoms with Crippen molar-refractivity contribution >= 4 is 39.6 Å². The van der Waals surface area contributed by atoms with E-state index in [0.717, 1.165) is 12.8 Å². The van der Waals surface area contributed by atoms with Crippen molar-refractivity contribution in [3.8, 4) is 0 Å². The minimum absolute atomic E-state index is 0. The maximum Gasteiger partial charge on any atom is 0.214 e. The van der Waals surface area contributed by atoms with E-state index >= 15 is 0 Å². The molecule has 0 spiro atoms. The quantitative estimate of drug-likeness (QED) is 0.541. The van der Waals surface area contributed by atoms with Gasteiger partial charge in [0.25, 0.3) is 0 Å². The Hall–Kier alpha value is 0.910. The van der Waals surface area contributed by atoms with E-state index in [-0.39, 0.29) is 34.8 Å². The summed E-state index contributed by atoms with van der Waals surface area (Å²) in [5.74, 6) is 0. The first-order valence-electron chi connectivity index (χ1n) is 2.59. The number of rotatable bonds is 2. The Kier molecular flexibility index (Phi) is 3.68. The van der Waals surface area contributed by atoms with Gasteiger partial charge in [-0.25, -0.2) is 13.1 Å². The summed E-state index contributed by atoms with van der Waals surface area (Å²) < 4.78 is 23.6. The Morgan fingerprint density at radius 2 is 1.89 bits per heavy atom. The maximum atomic E-state index is 10.7. The van der Waals surface area contributed by atoms with E-state index in [9.17, 15) is 8.42 Å². The van der Waals surface area contributed by atoms with Gasteiger partial charge in [0.2, 0.25) is 10.0 Å². The van der Waals surface area contributed by atoms with Crippen molar-refractivity contribution in [3.05, 3.63) is 0 Å². The van der Waals surface area contributed by atoms with E-state index in [0.29, 0.717) is 0 Å². The summed E-state index contributed by atoms with van der Waals surface area (Å²) >= 11 is 0. The van der Waals surface area contributed by atoms with Crippen molar-refractivity contribution in [1.29, 1.82) is 0 Å². The first-order chi connectivity index (χ1) is 3.67. The van der Waals surface area contributed by atoms with E-state index in [1.807, 2.05) is 0 Å². The minimum Gasteiger partial charge on any atom is -0.218 e. The van der Waals surface area contributed by atoms with Crippen LogP contribution in [-0.4, -0.2) is 50.3 Å². The zero-order chi connectivity index (χ0) is 6.20. The van der Waals surface area contributed by atoms with Crippen LogP contribution in [0.15, 0.2) is 0 Å². The molecule has 3 nitrogen and oxygen atoms in total. The van der Waals surface area contributed by atoms with Crippen molar-refractivity contribution < 1.29 is 8.42 Å². The first kappa shape index (κ1) is 9.91. The van der Waals surface area contributed by atoms with E-state index < -0.39 is 10.0 Å². The fourth-order valence-corrected chi connectivity index (χ4v) is 1.64. The van der Waals surface area contributed by atoms with Gasteiger partial charge < -0.3 is 0 Å². The molecule has 1 N–H and O–H groups in total. The van der Waals surface area contributed by atoms with Crippen molar-refractivity contribution in [2.24, 2.45) is 0 Å². The molecule has 9 heavy (non-hydrogen) atoms. The average molecular weight is 158 g/mol. The molecular formula is C4H9NNaO2S. The summed E-state index contributed by atoms with van der Waals surface area (Å²) in [6.45, 7) is 0. The van der Waals surface area contributed by atoms with Crippen LogP contribution >= 0.6 is 0 Å². The molecule has 0 aromatic carbocycles. The van der Waals surface area contributed by atoms with Gasteiger partial charge in [0, 0.05) is 29.6 Å². The molecule has 1 aliphatic carbocycles. The molecular weight excluding hydrogens is 149 g/mol. The zero-order valence-electron chi connectivity index (χ0n) is 5.72. The minimum atomic E-state index is -2.88. The molecule has 0 saturated heterocycles. The maximum absolute atomic E-state index is 10.7. The molecule has 0 atom stereocenters. The predicted octanol–water partition coefficient (Wildman–Crippen LogP) is -0.683. The third-order valence-corrected chi connectivity index (χ3v) is 3.17. The van der Waals surface area contributed by atoms with Crippen LogP contribution in [0.2, 0.25) is 0 Å². The molecule has 0 unspecified atom stereocenters. The molecule has 1 rings (SSSR count). The normalized spacial score (nSPS) is 18.8. The van der Waals surface area contributed by atoms with Crippen LogP contribution in [0.1, 0.15) is 12.8 Å². The fourth-order valence-electron chi connectivity index (χ4n) is 0.545. The van der Waals surface area contributed by atoms with Gasteiger partial charge in [0.05, 0.1) is 5.25 Å². The molecule has 0 aromatic rings. The molecule has 0 amide bonds. The van der Waals surface area contributed by atoms with Crippen molar-refractivity contribution in [2.45, 2.75) is 18.1 Å². The molecule has 1 saturated carbocycles. The molecule has 5 heteroatoms. The van der Waals surface area contributed by atoms with Crippen LogP contribution in [0.4, 0.5) is 0 Å². The largest absolute Gasteiger partial charge is 0.218 e. The summed E-state index contributed by atoms with van der Waals surface area (Å²) in [4.78, 5) is 0. The van der Waals surface area contributed by atoms with Gasteiger partial charge in [0.1, 0.15) is 0 Å². The molecule has 1 aliphatic rings. The van der Waals surface area contributed by atoms with Gasteiger partial charge in [-0.15, -0.1) is 0 Å². The fraction of sp³-hybridized carbons (Fsp3) is 1.00. The Morgan fingerprint density at radius 1 is 1.44 bits per heavy atom. The second-order valence-electron chi connectivity index (χ2n) is 1.95. The predicted molar refractivity (Wildman–Crippen MR) is 36.8 cm³/mol. The third kappa shape index (κ3) is 2.55. The van der Waals surface area contributed by atoms with Crippen molar-refractivity contribution in [2.75, 3.05) is 7.05 Å². The van der Waals surface area contributed by atoms with Gasteiger partial charge in [-0.3, -0.25) is 0 Å². The Morgan fingerprint density at radius 3 is 2.00 bits per heavy atom. The Bertz CT molecular complexity index is 173. The van der Waals surface area contributed by atoms with Gasteiger partial charge in [0.15, 0.2) is 0 Å². The monoisotopic (exact) mass is 158 g/mol. The number of hydrogen-bond acceptors (Lipinski definition) is 2. The third-order valence-electron chi connectivity index (χ3n) is 1.25. The second kappa shape index (κ2) is 3.34. The molecule has 0 bridgehead atoms. The molecule has 0 aromatic heterocycles. The van der Waals surface area contributed by atoms with E-state index in [4.69, 9.17) is 0 Å². The molecule has 0 aliphatic heterocycles. The molecule has 1 fully saturated rings. The number of hydrogen-bond donors (Lipinski definition) is 1. The molecule has 1 radical (unpaired) electrons. The topological polar surface area (TPSA) is 46.2 Å². The Balaban J connectivity index is 0.000000640. The first-order valence-corrected chi connectivity index (χ1v) is 4.14. The van der Waals surface area contributed by atoms with Crippen LogP contribution in [0.5, 0.6) is 0 Å². The van der Waals surface area contributed by atoms with Gasteiger partial charge in [-0.05, 0) is 19.9 Å². The van der Waals surface area contributed by atoms with Crippen LogP contribution in [0.3, 0.4) is 0 Å². The van der Waals surface area contributed by atoms with E-state index in [2.05, 4.69) is 4.72 Å². The van der Waals surface area contributed by atoms with Crippen molar-refractivity contribution in [3.63, 3.8) is 0 Å². The van der Waals surface area contributed by atoms with Crippen LogP contribution in [0.25, 0.3) is 0 Å². The van der Waals surface area contributed by atoms with Crippen LogP contribution in [0, 0.1) is 0 Å². The van der Waals surface area contributed by atoms with E-state index in [1.165, 1.54) is 7.05 Å². The van der Waals surface area contributed by atoms with Gasteiger partial charge in [-0.2, -0.15) is 0 Å². The second-order valence-corrected chi connectivity index (χ2v) is 4.11. The summed E-state index contributed by atoms with van der Waals surface area (Å²) in [7, 11) is -1.42. The average Bonchev–Trinajstić information content (AvgIpc) is 2.44. The summed E-state index contributed by atoms with van der Waals surface area (Å²) in [5, 5.41) is -0.0764. The van der Waals surface area contributed by atoms with Gasteiger partial charge in [-0.1, -0.05) is 0 Å². The Labute approximate surface area is 77.6 Å². The number of sulfonamides is 1. The smallest absolute Gasteiger partial charge is 0.214 e. The van der Waals surface area contributed by atoms with Crippen LogP contribution in [-0.2, 0) is 10.0 Å². The van der Waals surface area contributed by atoms with E-state index in [1.54, 1.807) is 0 Å². The van der Waals surface area contributed by atoms with Crippen molar-refractivity contribution in [1.82, 2.24) is 4.72 Å². The summed E-state index contributed by atoms with van der Waals surface area (Å²) in [6, 6.07) is 0.